The van der Waals surface area contributed by atoms with Crippen molar-refractivity contribution in [1.29, 1.82) is 0 Å². The number of nitrogens with one attached hydrogen (secondary N) is 1. The first-order valence-corrected chi connectivity index (χ1v) is 20.5. The number of amides is 1. The van der Waals surface area contributed by atoms with Crippen molar-refractivity contribution in [2.45, 2.75) is 225 Å². The summed E-state index contributed by atoms with van der Waals surface area (Å²) in [5.41, 5.74) is 5.68. The van der Waals surface area contributed by atoms with E-state index in [9.17, 15) is 9.59 Å². The molecule has 0 fully saturated rings. The Bertz CT molecular complexity index is 666. The van der Waals surface area contributed by atoms with Gasteiger partial charge in [-0.05, 0) is 57.9 Å². The smallest absolute Gasteiger partial charge is 0.328 e. The van der Waals surface area contributed by atoms with Gasteiger partial charge in [-0.1, -0.05) is 174 Å². The zero-order valence-corrected chi connectivity index (χ0v) is 31.1. The molecule has 0 aliphatic rings. The van der Waals surface area contributed by atoms with Crippen molar-refractivity contribution in [3.05, 3.63) is 12.2 Å². The van der Waals surface area contributed by atoms with Crippen LogP contribution in [0.15, 0.2) is 12.2 Å². The Morgan fingerprint density at radius 3 is 1.37 bits per heavy atom. The zero-order valence-electron chi connectivity index (χ0n) is 31.1. The molecule has 0 aliphatic heterocycles. The van der Waals surface area contributed by atoms with Crippen molar-refractivity contribution in [1.82, 2.24) is 5.32 Å². The van der Waals surface area contributed by atoms with E-state index in [2.05, 4.69) is 31.3 Å². The molecule has 0 heterocycles. The second kappa shape index (κ2) is 38.1. The highest BCUT2D eigenvalue weighted by molar-refractivity contribution is 5.84. The standard InChI is InChI=1S/C41H80N2O3/c1-3-5-7-9-11-13-15-17-19-21-23-25-27-29-31-33-38-46-41(45)39(35-34-37-42)43-40(44)36-32-30-28-26-24-22-20-18-16-14-12-10-8-6-4-2/h17,19,39H,3-16,18,20-38,42H2,1-2H3,(H,43,44)/b19-17-/t39-/m0/s1. The molecular formula is C41H80N2O3. The van der Waals surface area contributed by atoms with Gasteiger partial charge >= 0.3 is 5.97 Å². The number of carbonyl (C=O) groups excluding carboxylic acids is 2. The molecule has 0 bridgehead atoms. The minimum atomic E-state index is -0.568. The fourth-order valence-electron chi connectivity index (χ4n) is 6.12. The fraction of sp³-hybridized carbons (Fsp3) is 0.902. The van der Waals surface area contributed by atoms with Crippen molar-refractivity contribution in [2.75, 3.05) is 13.2 Å². The Hall–Kier alpha value is -1.36. The maximum absolute atomic E-state index is 12.7. The van der Waals surface area contributed by atoms with Gasteiger partial charge in [-0.15, -0.1) is 0 Å². The lowest BCUT2D eigenvalue weighted by atomic mass is 10.0. The SMILES string of the molecule is CCCCCCCC/C=C\CCCCCCCCOC(=O)[C@H](CCCN)NC(=O)CCCCCCCCCCCCCCCCC. The summed E-state index contributed by atoms with van der Waals surface area (Å²) >= 11 is 0. The molecule has 0 saturated carbocycles. The normalized spacial score (nSPS) is 12.2. The summed E-state index contributed by atoms with van der Waals surface area (Å²) in [7, 11) is 0. The van der Waals surface area contributed by atoms with Crippen LogP contribution in [0.5, 0.6) is 0 Å². The van der Waals surface area contributed by atoms with Gasteiger partial charge < -0.3 is 15.8 Å². The highest BCUT2D eigenvalue weighted by Gasteiger charge is 2.21. The van der Waals surface area contributed by atoms with Crippen LogP contribution in [-0.2, 0) is 14.3 Å². The van der Waals surface area contributed by atoms with Crippen LogP contribution < -0.4 is 11.1 Å². The maximum Gasteiger partial charge on any atom is 0.328 e. The van der Waals surface area contributed by atoms with Gasteiger partial charge in [-0.25, -0.2) is 4.79 Å². The Morgan fingerprint density at radius 1 is 0.543 bits per heavy atom. The first-order valence-electron chi connectivity index (χ1n) is 20.5. The second-order valence-electron chi connectivity index (χ2n) is 13.9. The molecular weight excluding hydrogens is 568 g/mol. The Labute approximate surface area is 287 Å². The van der Waals surface area contributed by atoms with E-state index in [0.717, 1.165) is 25.7 Å². The van der Waals surface area contributed by atoms with Gasteiger partial charge in [0.25, 0.3) is 0 Å². The number of nitrogens with two attached hydrogens (primary N) is 1. The van der Waals surface area contributed by atoms with Crippen LogP contribution >= 0.6 is 0 Å². The predicted molar refractivity (Wildman–Crippen MR) is 200 cm³/mol. The summed E-state index contributed by atoms with van der Waals surface area (Å²) in [6, 6.07) is -0.568. The van der Waals surface area contributed by atoms with Crippen molar-refractivity contribution >= 4 is 11.9 Å². The average Bonchev–Trinajstić information content (AvgIpc) is 3.06. The quantitative estimate of drug-likeness (QED) is 0.0399. The van der Waals surface area contributed by atoms with Crippen LogP contribution in [0.2, 0.25) is 0 Å². The molecule has 0 aromatic heterocycles. The fourth-order valence-corrected chi connectivity index (χ4v) is 6.12. The molecule has 1 amide bonds. The molecule has 3 N–H and O–H groups in total. The number of allylic oxidation sites excluding steroid dienone is 2. The van der Waals surface area contributed by atoms with Gasteiger partial charge in [0.2, 0.25) is 5.91 Å². The molecule has 5 heteroatoms. The van der Waals surface area contributed by atoms with Crippen LogP contribution in [-0.4, -0.2) is 31.1 Å². The van der Waals surface area contributed by atoms with Crippen LogP contribution in [0.4, 0.5) is 0 Å². The minimum absolute atomic E-state index is 0.0362. The molecule has 5 nitrogen and oxygen atoms in total. The van der Waals surface area contributed by atoms with Crippen LogP contribution in [0.1, 0.15) is 219 Å². The molecule has 0 saturated heterocycles. The van der Waals surface area contributed by atoms with Crippen molar-refractivity contribution in [3.8, 4) is 0 Å². The molecule has 0 radical (unpaired) electrons. The van der Waals surface area contributed by atoms with Gasteiger partial charge in [0, 0.05) is 6.42 Å². The van der Waals surface area contributed by atoms with E-state index in [0.29, 0.717) is 32.4 Å². The van der Waals surface area contributed by atoms with Gasteiger partial charge in [0.1, 0.15) is 6.04 Å². The Morgan fingerprint density at radius 2 is 0.935 bits per heavy atom. The van der Waals surface area contributed by atoms with Crippen molar-refractivity contribution < 1.29 is 14.3 Å². The third kappa shape index (κ3) is 34.0. The van der Waals surface area contributed by atoms with E-state index in [1.165, 1.54) is 161 Å². The lowest BCUT2D eigenvalue weighted by Gasteiger charge is -2.17. The third-order valence-corrected chi connectivity index (χ3v) is 9.22. The van der Waals surface area contributed by atoms with Crippen molar-refractivity contribution in [3.63, 3.8) is 0 Å². The summed E-state index contributed by atoms with van der Waals surface area (Å²) in [4.78, 5) is 25.2. The first-order chi connectivity index (χ1) is 22.7. The van der Waals surface area contributed by atoms with Crippen LogP contribution in [0, 0.1) is 0 Å². The van der Waals surface area contributed by atoms with E-state index in [-0.39, 0.29) is 11.9 Å². The Kier molecular flexibility index (Phi) is 37.0. The second-order valence-corrected chi connectivity index (χ2v) is 13.9. The summed E-state index contributed by atoms with van der Waals surface area (Å²) in [5.74, 6) is -0.336. The van der Waals surface area contributed by atoms with Gasteiger partial charge in [0.05, 0.1) is 6.61 Å². The molecule has 0 aliphatic carbocycles. The van der Waals surface area contributed by atoms with Crippen LogP contribution in [0.25, 0.3) is 0 Å². The van der Waals surface area contributed by atoms with E-state index < -0.39 is 6.04 Å². The molecule has 0 spiro atoms. The lowest BCUT2D eigenvalue weighted by Crippen LogP contribution is -2.42. The number of unbranched alkanes of at least 4 members (excludes halogenated alkanes) is 26. The number of carbonyl (C=O) groups is 2. The molecule has 272 valence electrons. The summed E-state index contributed by atoms with van der Waals surface area (Å²) in [6.07, 6.45) is 43.7. The van der Waals surface area contributed by atoms with Crippen LogP contribution in [0.3, 0.4) is 0 Å². The number of hydrogen-bond acceptors (Lipinski definition) is 4. The monoisotopic (exact) mass is 649 g/mol. The van der Waals surface area contributed by atoms with Crippen molar-refractivity contribution in [2.24, 2.45) is 5.73 Å². The number of ether oxygens (including phenoxy) is 1. The molecule has 46 heavy (non-hydrogen) atoms. The highest BCUT2D eigenvalue weighted by Crippen LogP contribution is 2.14. The molecule has 0 rings (SSSR count). The van der Waals surface area contributed by atoms with E-state index >= 15 is 0 Å². The third-order valence-electron chi connectivity index (χ3n) is 9.22. The average molecular weight is 649 g/mol. The van der Waals surface area contributed by atoms with Gasteiger partial charge in [-0.2, -0.15) is 0 Å². The summed E-state index contributed by atoms with van der Waals surface area (Å²) in [6.45, 7) is 5.49. The summed E-state index contributed by atoms with van der Waals surface area (Å²) < 4.78 is 5.55. The molecule has 0 aromatic rings. The number of hydrogen-bond donors (Lipinski definition) is 2. The first kappa shape index (κ1) is 44.6. The summed E-state index contributed by atoms with van der Waals surface area (Å²) in [5, 5.41) is 2.93. The number of rotatable bonds is 37. The van der Waals surface area contributed by atoms with Gasteiger partial charge in [-0.3, -0.25) is 4.79 Å². The Balaban J connectivity index is 3.73. The van der Waals surface area contributed by atoms with E-state index in [1.54, 1.807) is 0 Å². The lowest BCUT2D eigenvalue weighted by molar-refractivity contribution is -0.148. The highest BCUT2D eigenvalue weighted by atomic mass is 16.5. The number of esters is 1. The minimum Gasteiger partial charge on any atom is -0.464 e. The van der Waals surface area contributed by atoms with E-state index in [1.807, 2.05) is 0 Å². The molecule has 0 unspecified atom stereocenters. The molecule has 1 atom stereocenters. The predicted octanol–water partition coefficient (Wildman–Crippen LogP) is 12.1. The largest absolute Gasteiger partial charge is 0.464 e. The molecule has 0 aromatic carbocycles. The van der Waals surface area contributed by atoms with E-state index in [4.69, 9.17) is 10.5 Å². The topological polar surface area (TPSA) is 81.4 Å². The van der Waals surface area contributed by atoms with Gasteiger partial charge in [0.15, 0.2) is 0 Å². The maximum atomic E-state index is 12.7. The zero-order chi connectivity index (χ0) is 33.6.